The van der Waals surface area contributed by atoms with Gasteiger partial charge in [-0.25, -0.2) is 4.39 Å². The van der Waals surface area contributed by atoms with E-state index >= 15 is 0 Å². The Morgan fingerprint density at radius 3 is 2.81 bits per heavy atom. The Kier molecular flexibility index (Phi) is 6.26. The molecule has 6 heteroatoms. The molecule has 158 valence electrons. The standard InChI is InChI=1S/C25H23FN2O3/c1-30-20-6-2-5-19(16-20)23-8-4-14-28(23)25(29)12-10-18-9-11-24(22(26)15-18)31-21-7-3-13-27-17-21/h2-3,5-7,9-13,15-17,23H,4,8,14H2,1H3/b12-10+. The van der Waals surface area contributed by atoms with Crippen molar-refractivity contribution >= 4 is 12.0 Å². The third kappa shape index (κ3) is 4.91. The van der Waals surface area contributed by atoms with Gasteiger partial charge in [0, 0.05) is 18.8 Å². The average molecular weight is 418 g/mol. The van der Waals surface area contributed by atoms with Crippen molar-refractivity contribution in [1.29, 1.82) is 0 Å². The maximum absolute atomic E-state index is 14.4. The number of likely N-dealkylation sites (tertiary alicyclic amines) is 1. The highest BCUT2D eigenvalue weighted by molar-refractivity contribution is 5.92. The van der Waals surface area contributed by atoms with E-state index in [0.29, 0.717) is 17.9 Å². The molecule has 0 bridgehead atoms. The van der Waals surface area contributed by atoms with Crippen molar-refractivity contribution in [3.05, 3.63) is 90.0 Å². The van der Waals surface area contributed by atoms with Gasteiger partial charge in [-0.1, -0.05) is 18.2 Å². The maximum atomic E-state index is 14.4. The molecular weight excluding hydrogens is 395 g/mol. The van der Waals surface area contributed by atoms with Crippen LogP contribution < -0.4 is 9.47 Å². The van der Waals surface area contributed by atoms with Gasteiger partial charge in [-0.3, -0.25) is 9.78 Å². The van der Waals surface area contributed by atoms with Crippen molar-refractivity contribution in [1.82, 2.24) is 9.88 Å². The lowest BCUT2D eigenvalue weighted by Crippen LogP contribution is -2.28. The number of nitrogens with zero attached hydrogens (tertiary/aromatic N) is 2. The summed E-state index contributed by atoms with van der Waals surface area (Å²) in [5.41, 5.74) is 1.64. The highest BCUT2D eigenvalue weighted by Gasteiger charge is 2.28. The number of carbonyl (C=O) groups is 1. The zero-order chi connectivity index (χ0) is 21.6. The largest absolute Gasteiger partial charge is 0.497 e. The van der Waals surface area contributed by atoms with Crippen molar-refractivity contribution in [3.8, 4) is 17.2 Å². The molecule has 1 saturated heterocycles. The number of amides is 1. The Balaban J connectivity index is 1.45. The fourth-order valence-corrected chi connectivity index (χ4v) is 3.73. The van der Waals surface area contributed by atoms with Gasteiger partial charge in [0.05, 0.1) is 19.3 Å². The van der Waals surface area contributed by atoms with Crippen LogP contribution in [0.5, 0.6) is 17.2 Å². The Morgan fingerprint density at radius 2 is 2.03 bits per heavy atom. The molecule has 5 nitrogen and oxygen atoms in total. The van der Waals surface area contributed by atoms with Crippen molar-refractivity contribution in [2.45, 2.75) is 18.9 Å². The van der Waals surface area contributed by atoms with Crippen LogP contribution in [-0.4, -0.2) is 29.4 Å². The summed E-state index contributed by atoms with van der Waals surface area (Å²) >= 11 is 0. The van der Waals surface area contributed by atoms with E-state index in [0.717, 1.165) is 24.2 Å². The predicted molar refractivity (Wildman–Crippen MR) is 116 cm³/mol. The summed E-state index contributed by atoms with van der Waals surface area (Å²) in [5, 5.41) is 0. The van der Waals surface area contributed by atoms with Crippen LogP contribution >= 0.6 is 0 Å². The lowest BCUT2D eigenvalue weighted by atomic mass is 10.0. The quantitative estimate of drug-likeness (QED) is 0.503. The molecular formula is C25H23FN2O3. The van der Waals surface area contributed by atoms with Crippen LogP contribution in [0.1, 0.15) is 30.0 Å². The van der Waals surface area contributed by atoms with Gasteiger partial charge in [0.25, 0.3) is 0 Å². The zero-order valence-electron chi connectivity index (χ0n) is 17.2. The van der Waals surface area contributed by atoms with Gasteiger partial charge in [0.2, 0.25) is 5.91 Å². The summed E-state index contributed by atoms with van der Waals surface area (Å²) < 4.78 is 25.2. The van der Waals surface area contributed by atoms with Crippen LogP contribution in [0, 0.1) is 5.82 Å². The zero-order valence-corrected chi connectivity index (χ0v) is 17.2. The number of carbonyl (C=O) groups excluding carboxylic acids is 1. The maximum Gasteiger partial charge on any atom is 0.247 e. The van der Waals surface area contributed by atoms with Crippen molar-refractivity contribution in [2.75, 3.05) is 13.7 Å². The summed E-state index contributed by atoms with van der Waals surface area (Å²) in [4.78, 5) is 18.6. The monoisotopic (exact) mass is 418 g/mol. The fraction of sp³-hybridized carbons (Fsp3) is 0.200. The molecule has 0 aliphatic carbocycles. The third-order valence-electron chi connectivity index (χ3n) is 5.25. The second kappa shape index (κ2) is 9.43. The lowest BCUT2D eigenvalue weighted by Gasteiger charge is -2.24. The van der Waals surface area contributed by atoms with Crippen LogP contribution in [0.4, 0.5) is 4.39 Å². The molecule has 31 heavy (non-hydrogen) atoms. The van der Waals surface area contributed by atoms with Crippen LogP contribution in [0.3, 0.4) is 0 Å². The summed E-state index contributed by atoms with van der Waals surface area (Å²) in [7, 11) is 1.63. The van der Waals surface area contributed by atoms with Crippen LogP contribution in [0.2, 0.25) is 0 Å². The fourth-order valence-electron chi connectivity index (χ4n) is 3.73. The molecule has 1 aromatic heterocycles. The molecule has 1 unspecified atom stereocenters. The highest BCUT2D eigenvalue weighted by Crippen LogP contribution is 2.33. The normalized spacial score (nSPS) is 15.9. The Bertz CT molecular complexity index is 1090. The summed E-state index contributed by atoms with van der Waals surface area (Å²) in [5.74, 6) is 0.735. The van der Waals surface area contributed by atoms with E-state index in [1.54, 1.807) is 43.6 Å². The number of benzene rings is 2. The number of aromatic nitrogens is 1. The molecule has 1 atom stereocenters. The first kappa shape index (κ1) is 20.6. The summed E-state index contributed by atoms with van der Waals surface area (Å²) in [6.45, 7) is 0.692. The number of hydrogen-bond donors (Lipinski definition) is 0. The Morgan fingerprint density at radius 1 is 1.16 bits per heavy atom. The Hall–Kier alpha value is -3.67. The molecule has 0 saturated carbocycles. The van der Waals surface area contributed by atoms with Gasteiger partial charge >= 0.3 is 0 Å². The molecule has 1 aliphatic rings. The number of pyridine rings is 1. The van der Waals surface area contributed by atoms with Crippen molar-refractivity contribution in [2.24, 2.45) is 0 Å². The van der Waals surface area contributed by atoms with E-state index < -0.39 is 5.82 Å². The van der Waals surface area contributed by atoms with Gasteiger partial charge in [-0.05, 0) is 66.4 Å². The third-order valence-corrected chi connectivity index (χ3v) is 5.25. The van der Waals surface area contributed by atoms with Crippen molar-refractivity contribution < 1.29 is 18.7 Å². The number of rotatable bonds is 6. The predicted octanol–water partition coefficient (Wildman–Crippen LogP) is 5.40. The van der Waals surface area contributed by atoms with E-state index in [2.05, 4.69) is 4.98 Å². The van der Waals surface area contributed by atoms with Gasteiger partial charge in [0.1, 0.15) is 11.5 Å². The van der Waals surface area contributed by atoms with Gasteiger partial charge in [0.15, 0.2) is 11.6 Å². The molecule has 0 N–H and O–H groups in total. The topological polar surface area (TPSA) is 51.7 Å². The van der Waals surface area contributed by atoms with E-state index in [1.807, 2.05) is 29.2 Å². The van der Waals surface area contributed by atoms with Crippen LogP contribution in [0.15, 0.2) is 73.1 Å². The molecule has 2 aromatic carbocycles. The first-order valence-electron chi connectivity index (χ1n) is 10.1. The Labute approximate surface area is 180 Å². The van der Waals surface area contributed by atoms with Gasteiger partial charge in [-0.2, -0.15) is 0 Å². The number of ether oxygens (including phenoxy) is 2. The second-order valence-electron chi connectivity index (χ2n) is 7.28. The molecule has 2 heterocycles. The smallest absolute Gasteiger partial charge is 0.247 e. The summed E-state index contributed by atoms with van der Waals surface area (Å²) in [6.07, 6.45) is 8.10. The molecule has 1 aliphatic heterocycles. The van der Waals surface area contributed by atoms with Gasteiger partial charge < -0.3 is 14.4 Å². The number of methoxy groups -OCH3 is 1. The van der Waals surface area contributed by atoms with Gasteiger partial charge in [-0.15, -0.1) is 0 Å². The van der Waals surface area contributed by atoms with E-state index in [1.165, 1.54) is 18.3 Å². The first-order chi connectivity index (χ1) is 15.1. The van der Waals surface area contributed by atoms with Crippen molar-refractivity contribution in [3.63, 3.8) is 0 Å². The van der Waals surface area contributed by atoms with E-state index in [4.69, 9.17) is 9.47 Å². The number of hydrogen-bond acceptors (Lipinski definition) is 4. The molecule has 0 spiro atoms. The van der Waals surface area contributed by atoms with E-state index in [9.17, 15) is 9.18 Å². The SMILES string of the molecule is COc1cccc(C2CCCN2C(=O)/C=C/c2ccc(Oc3cccnc3)c(F)c2)c1. The van der Waals surface area contributed by atoms with Crippen LogP contribution in [0.25, 0.3) is 6.08 Å². The average Bonchev–Trinajstić information content (AvgIpc) is 3.30. The molecule has 0 radical (unpaired) electrons. The molecule has 4 rings (SSSR count). The first-order valence-corrected chi connectivity index (χ1v) is 10.1. The minimum absolute atomic E-state index is 0.0132. The van der Waals surface area contributed by atoms with Crippen LogP contribution in [-0.2, 0) is 4.79 Å². The highest BCUT2D eigenvalue weighted by atomic mass is 19.1. The second-order valence-corrected chi connectivity index (χ2v) is 7.28. The molecule has 3 aromatic rings. The lowest BCUT2D eigenvalue weighted by molar-refractivity contribution is -0.126. The van der Waals surface area contributed by atoms with E-state index in [-0.39, 0.29) is 17.7 Å². The summed E-state index contributed by atoms with van der Waals surface area (Å²) in [6, 6.07) is 15.8. The number of halogens is 1. The molecule has 1 fully saturated rings. The minimum Gasteiger partial charge on any atom is -0.497 e. The minimum atomic E-state index is -0.506. The molecule has 1 amide bonds.